The molecule has 0 bridgehead atoms. The summed E-state index contributed by atoms with van der Waals surface area (Å²) in [4.78, 5) is 10.9. The molecule has 1 rings (SSSR count). The maximum Gasteiger partial charge on any atom is 0.422 e. The third-order valence-electron chi connectivity index (χ3n) is 2.03. The molecule has 0 aliphatic carbocycles. The van der Waals surface area contributed by atoms with Gasteiger partial charge in [0.25, 0.3) is 0 Å². The van der Waals surface area contributed by atoms with Crippen LogP contribution in [0.4, 0.5) is 23.7 Å². The van der Waals surface area contributed by atoms with E-state index in [9.17, 15) is 26.4 Å². The van der Waals surface area contributed by atoms with Crippen LogP contribution in [-0.2, 0) is 14.8 Å². The summed E-state index contributed by atoms with van der Waals surface area (Å²) in [6.45, 7) is -1.73. The van der Waals surface area contributed by atoms with Gasteiger partial charge in [-0.25, -0.2) is 17.9 Å². The van der Waals surface area contributed by atoms with Crippen molar-refractivity contribution in [1.29, 1.82) is 0 Å². The lowest BCUT2D eigenvalue weighted by Gasteiger charge is -2.10. The third-order valence-corrected chi connectivity index (χ3v) is 3.44. The number of hydrogen-bond donors (Lipinski definition) is 2. The van der Waals surface area contributed by atoms with Crippen LogP contribution < -0.4 is 10.0 Å². The molecular formula is C10H11F3N2O4S. The highest BCUT2D eigenvalue weighted by Gasteiger charge is 2.29. The first-order valence-corrected chi connectivity index (χ1v) is 6.66. The zero-order chi connectivity index (χ0) is 15.4. The van der Waals surface area contributed by atoms with Crippen molar-refractivity contribution < 1.29 is 31.1 Å². The predicted molar refractivity (Wildman–Crippen MR) is 63.7 cm³/mol. The highest BCUT2D eigenvalue weighted by molar-refractivity contribution is 7.89. The minimum atomic E-state index is -4.63. The van der Waals surface area contributed by atoms with Crippen LogP contribution >= 0.6 is 0 Å². The van der Waals surface area contributed by atoms with Gasteiger partial charge in [0.05, 0.1) is 4.90 Å². The summed E-state index contributed by atoms with van der Waals surface area (Å²) < 4.78 is 64.5. The van der Waals surface area contributed by atoms with Crippen molar-refractivity contribution >= 4 is 21.8 Å². The van der Waals surface area contributed by atoms with Crippen molar-refractivity contribution in [1.82, 2.24) is 4.72 Å². The summed E-state index contributed by atoms with van der Waals surface area (Å²) in [6.07, 6.45) is -5.96. The van der Waals surface area contributed by atoms with Gasteiger partial charge in [-0.15, -0.1) is 0 Å². The lowest BCUT2D eigenvalue weighted by Crippen LogP contribution is -2.23. The number of halogens is 3. The van der Waals surface area contributed by atoms with Crippen molar-refractivity contribution in [2.45, 2.75) is 11.1 Å². The van der Waals surface area contributed by atoms with E-state index in [2.05, 4.69) is 9.46 Å². The minimum absolute atomic E-state index is 0.00602. The number of carbonyl (C=O) groups is 1. The van der Waals surface area contributed by atoms with Crippen LogP contribution in [0.3, 0.4) is 0 Å². The Hall–Kier alpha value is -1.81. The second-order valence-electron chi connectivity index (χ2n) is 3.55. The normalized spacial score (nSPS) is 12.0. The molecular weight excluding hydrogens is 301 g/mol. The molecule has 0 saturated carbocycles. The number of anilines is 1. The smallest absolute Gasteiger partial charge is 0.422 e. The van der Waals surface area contributed by atoms with Gasteiger partial charge < -0.3 is 4.74 Å². The Morgan fingerprint density at radius 1 is 1.35 bits per heavy atom. The van der Waals surface area contributed by atoms with Gasteiger partial charge >= 0.3 is 12.3 Å². The fourth-order valence-electron chi connectivity index (χ4n) is 1.16. The molecule has 10 heteroatoms. The average molecular weight is 312 g/mol. The van der Waals surface area contributed by atoms with E-state index < -0.39 is 28.9 Å². The average Bonchev–Trinajstić information content (AvgIpc) is 2.36. The Bertz CT molecular complexity index is 586. The first-order valence-electron chi connectivity index (χ1n) is 5.18. The van der Waals surface area contributed by atoms with Gasteiger partial charge in [0, 0.05) is 5.69 Å². The summed E-state index contributed by atoms with van der Waals surface area (Å²) in [5.74, 6) is 0. The fourth-order valence-corrected chi connectivity index (χ4v) is 1.94. The molecule has 0 atom stereocenters. The molecule has 0 fully saturated rings. The second-order valence-corrected chi connectivity index (χ2v) is 5.44. The van der Waals surface area contributed by atoms with Gasteiger partial charge in [0.2, 0.25) is 10.0 Å². The molecule has 0 spiro atoms. The van der Waals surface area contributed by atoms with E-state index in [0.717, 1.165) is 6.07 Å². The molecule has 1 amide bonds. The van der Waals surface area contributed by atoms with E-state index in [-0.39, 0.29) is 10.6 Å². The Morgan fingerprint density at radius 2 is 2.00 bits per heavy atom. The first kappa shape index (κ1) is 16.2. The maximum absolute atomic E-state index is 11.8. The predicted octanol–water partition coefficient (Wildman–Crippen LogP) is 1.71. The van der Waals surface area contributed by atoms with Gasteiger partial charge in [0.15, 0.2) is 6.61 Å². The van der Waals surface area contributed by atoms with E-state index in [1.54, 1.807) is 0 Å². The molecule has 0 unspecified atom stereocenters. The quantitative estimate of drug-likeness (QED) is 0.886. The standard InChI is InChI=1S/C10H11F3N2O4S/c1-14-20(17,18)8-4-2-3-7(5-8)15-9(16)19-6-10(11,12)13/h2-5,14H,6H2,1H3,(H,15,16). The van der Waals surface area contributed by atoms with Crippen molar-refractivity contribution in [3.05, 3.63) is 24.3 Å². The number of carbonyl (C=O) groups excluding carboxylic acids is 1. The summed E-state index contributed by atoms with van der Waals surface area (Å²) >= 11 is 0. The van der Waals surface area contributed by atoms with E-state index in [1.165, 1.54) is 25.2 Å². The number of alkyl halides is 3. The maximum atomic E-state index is 11.8. The topological polar surface area (TPSA) is 84.5 Å². The summed E-state index contributed by atoms with van der Waals surface area (Å²) in [5, 5.41) is 2.00. The molecule has 6 nitrogen and oxygen atoms in total. The second kappa shape index (κ2) is 6.09. The van der Waals surface area contributed by atoms with E-state index >= 15 is 0 Å². The summed E-state index contributed by atoms with van der Waals surface area (Å²) in [5.41, 5.74) is -0.00602. The molecule has 0 aliphatic rings. The van der Waals surface area contributed by atoms with Gasteiger partial charge in [-0.1, -0.05) is 6.07 Å². The SMILES string of the molecule is CNS(=O)(=O)c1cccc(NC(=O)OCC(F)(F)F)c1. The monoisotopic (exact) mass is 312 g/mol. The van der Waals surface area contributed by atoms with Crippen LogP contribution in [0.25, 0.3) is 0 Å². The molecule has 112 valence electrons. The van der Waals surface area contributed by atoms with Crippen LogP contribution in [0.1, 0.15) is 0 Å². The van der Waals surface area contributed by atoms with Gasteiger partial charge in [-0.05, 0) is 25.2 Å². The molecule has 0 saturated heterocycles. The zero-order valence-corrected chi connectivity index (χ0v) is 11.0. The van der Waals surface area contributed by atoms with Crippen molar-refractivity contribution in [2.24, 2.45) is 0 Å². The van der Waals surface area contributed by atoms with Crippen LogP contribution in [0.5, 0.6) is 0 Å². The largest absolute Gasteiger partial charge is 0.440 e. The van der Waals surface area contributed by atoms with Crippen LogP contribution in [0.2, 0.25) is 0 Å². The van der Waals surface area contributed by atoms with Gasteiger partial charge in [-0.2, -0.15) is 13.2 Å². The van der Waals surface area contributed by atoms with Crippen LogP contribution in [0.15, 0.2) is 29.2 Å². The number of rotatable bonds is 4. The molecule has 0 aliphatic heterocycles. The van der Waals surface area contributed by atoms with Crippen molar-refractivity contribution in [3.63, 3.8) is 0 Å². The van der Waals surface area contributed by atoms with Gasteiger partial charge in [-0.3, -0.25) is 5.32 Å². The van der Waals surface area contributed by atoms with Crippen LogP contribution in [0, 0.1) is 0 Å². The molecule has 0 heterocycles. The summed E-state index contributed by atoms with van der Waals surface area (Å²) in [7, 11) is -2.51. The zero-order valence-electron chi connectivity index (χ0n) is 10.2. The number of ether oxygens (including phenoxy) is 1. The van der Waals surface area contributed by atoms with Crippen molar-refractivity contribution in [2.75, 3.05) is 19.0 Å². The minimum Gasteiger partial charge on any atom is -0.440 e. The Morgan fingerprint density at radius 3 is 2.55 bits per heavy atom. The molecule has 1 aromatic rings. The van der Waals surface area contributed by atoms with Gasteiger partial charge in [0.1, 0.15) is 0 Å². The highest BCUT2D eigenvalue weighted by atomic mass is 32.2. The fraction of sp³-hybridized carbons (Fsp3) is 0.300. The molecule has 1 aromatic carbocycles. The number of amides is 1. The Kier molecular flexibility index (Phi) is 4.95. The lowest BCUT2D eigenvalue weighted by molar-refractivity contribution is -0.159. The van der Waals surface area contributed by atoms with Crippen molar-refractivity contribution in [3.8, 4) is 0 Å². The number of benzene rings is 1. The molecule has 20 heavy (non-hydrogen) atoms. The Balaban J connectivity index is 2.75. The van der Waals surface area contributed by atoms with Crippen LogP contribution in [-0.4, -0.2) is 34.3 Å². The summed E-state index contributed by atoms with van der Waals surface area (Å²) in [6, 6.07) is 4.98. The Labute approximate surface area is 113 Å². The number of sulfonamides is 1. The van der Waals surface area contributed by atoms with E-state index in [0.29, 0.717) is 0 Å². The van der Waals surface area contributed by atoms with E-state index in [4.69, 9.17) is 0 Å². The number of nitrogens with one attached hydrogen (secondary N) is 2. The van der Waals surface area contributed by atoms with E-state index in [1.807, 2.05) is 5.32 Å². The lowest BCUT2D eigenvalue weighted by atomic mass is 10.3. The number of hydrogen-bond acceptors (Lipinski definition) is 4. The highest BCUT2D eigenvalue weighted by Crippen LogP contribution is 2.17. The third kappa shape index (κ3) is 5.05. The molecule has 0 radical (unpaired) electrons. The molecule has 0 aromatic heterocycles. The first-order chi connectivity index (χ1) is 9.14. The molecule has 2 N–H and O–H groups in total.